The number of aryl methyl sites for hydroxylation is 1. The smallest absolute Gasteiger partial charge is 0.247 e. The normalized spacial score (nSPS) is 15.2. The Morgan fingerprint density at radius 3 is 2.52 bits per heavy atom. The van der Waals surface area contributed by atoms with Crippen molar-refractivity contribution in [1.29, 1.82) is 0 Å². The van der Waals surface area contributed by atoms with Crippen LogP contribution >= 0.6 is 11.3 Å². The number of thiophene rings is 1. The quantitative estimate of drug-likeness (QED) is 0.628. The van der Waals surface area contributed by atoms with Crippen molar-refractivity contribution < 1.29 is 9.59 Å². The molecule has 0 spiro atoms. The Morgan fingerprint density at radius 2 is 1.90 bits per heavy atom. The number of carbonyl (C=O) groups excluding carboxylic acids is 2. The summed E-state index contributed by atoms with van der Waals surface area (Å²) in [6, 6.07) is 11.6. The molecule has 1 aliphatic rings. The van der Waals surface area contributed by atoms with Crippen LogP contribution in [0.2, 0.25) is 0 Å². The van der Waals surface area contributed by atoms with Crippen molar-refractivity contribution in [3.05, 3.63) is 57.8 Å². The molecule has 0 saturated heterocycles. The number of hydrogen-bond donors (Lipinski definition) is 1. The summed E-state index contributed by atoms with van der Waals surface area (Å²) >= 11 is 1.59. The average molecular weight is 413 g/mol. The lowest BCUT2D eigenvalue weighted by Crippen LogP contribution is -2.46. The van der Waals surface area contributed by atoms with E-state index >= 15 is 0 Å². The molecule has 0 bridgehead atoms. The van der Waals surface area contributed by atoms with Gasteiger partial charge in [0, 0.05) is 17.5 Å². The number of unbranched alkanes of at least 4 members (excludes halogenated alkanes) is 1. The maximum absolute atomic E-state index is 13.4. The summed E-state index contributed by atoms with van der Waals surface area (Å²) in [5.74, 6) is -0.0237. The van der Waals surface area contributed by atoms with Crippen LogP contribution in [0.4, 0.5) is 0 Å². The van der Waals surface area contributed by atoms with Crippen molar-refractivity contribution in [2.24, 2.45) is 0 Å². The van der Waals surface area contributed by atoms with E-state index in [9.17, 15) is 9.59 Å². The van der Waals surface area contributed by atoms with E-state index in [0.717, 1.165) is 54.5 Å². The number of benzene rings is 1. The molecule has 1 N–H and O–H groups in total. The summed E-state index contributed by atoms with van der Waals surface area (Å²) in [6.07, 6.45) is 6.60. The van der Waals surface area contributed by atoms with Crippen LogP contribution < -0.4 is 5.32 Å². The van der Waals surface area contributed by atoms with E-state index in [-0.39, 0.29) is 17.9 Å². The van der Waals surface area contributed by atoms with Gasteiger partial charge in [-0.15, -0.1) is 11.3 Å². The molecule has 29 heavy (non-hydrogen) atoms. The Hall–Kier alpha value is -2.14. The summed E-state index contributed by atoms with van der Waals surface area (Å²) in [6.45, 7) is 4.74. The van der Waals surface area contributed by atoms with Gasteiger partial charge in [0.1, 0.15) is 6.04 Å². The van der Waals surface area contributed by atoms with Crippen LogP contribution in [0, 0.1) is 6.92 Å². The minimum atomic E-state index is -0.574. The van der Waals surface area contributed by atoms with Gasteiger partial charge in [-0.2, -0.15) is 0 Å². The molecule has 1 aromatic carbocycles. The molecular formula is C24H32N2O2S. The van der Waals surface area contributed by atoms with Crippen molar-refractivity contribution in [2.75, 3.05) is 6.54 Å². The van der Waals surface area contributed by atoms with Gasteiger partial charge in [0.05, 0.1) is 6.42 Å². The number of carbonyl (C=O) groups is 2. The van der Waals surface area contributed by atoms with E-state index in [1.165, 1.54) is 0 Å². The van der Waals surface area contributed by atoms with E-state index in [1.54, 1.807) is 16.2 Å². The topological polar surface area (TPSA) is 49.4 Å². The minimum Gasteiger partial charge on any atom is -0.351 e. The first-order valence-electron chi connectivity index (χ1n) is 10.8. The number of nitrogens with zero attached hydrogens (tertiary/aromatic N) is 1. The zero-order valence-electron chi connectivity index (χ0n) is 17.5. The first-order chi connectivity index (χ1) is 14.1. The standard InChI is InChI=1S/C24H32N2O2S/c1-3-4-15-26(22(27)17-21-10-7-16-29-21)23(19-13-11-18(2)12-14-19)24(28)25-20-8-5-6-9-20/h7,10-14,16,20,23H,3-6,8-9,15,17H2,1-2H3,(H,25,28). The van der Waals surface area contributed by atoms with E-state index in [2.05, 4.69) is 12.2 Å². The number of nitrogens with one attached hydrogen (secondary N) is 1. The third-order valence-electron chi connectivity index (χ3n) is 5.63. The van der Waals surface area contributed by atoms with Crippen LogP contribution in [0.5, 0.6) is 0 Å². The number of hydrogen-bond acceptors (Lipinski definition) is 3. The lowest BCUT2D eigenvalue weighted by molar-refractivity contribution is -0.140. The molecule has 2 aromatic rings. The third kappa shape index (κ3) is 5.92. The molecule has 1 atom stereocenters. The van der Waals surface area contributed by atoms with Crippen molar-refractivity contribution in [3.8, 4) is 0 Å². The second-order valence-electron chi connectivity index (χ2n) is 8.00. The summed E-state index contributed by atoms with van der Waals surface area (Å²) in [5.41, 5.74) is 2.04. The molecule has 0 aliphatic heterocycles. The molecule has 3 rings (SSSR count). The van der Waals surface area contributed by atoms with Crippen LogP contribution in [0.15, 0.2) is 41.8 Å². The first-order valence-corrected chi connectivity index (χ1v) is 11.6. The Bertz CT molecular complexity index is 780. The molecule has 0 radical (unpaired) electrons. The lowest BCUT2D eigenvalue weighted by Gasteiger charge is -2.32. The summed E-state index contributed by atoms with van der Waals surface area (Å²) in [4.78, 5) is 29.5. The molecule has 1 fully saturated rings. The Balaban J connectivity index is 1.88. The highest BCUT2D eigenvalue weighted by molar-refractivity contribution is 7.10. The first kappa shape index (κ1) is 21.6. The molecular weight excluding hydrogens is 380 g/mol. The molecule has 1 saturated carbocycles. The molecule has 4 nitrogen and oxygen atoms in total. The highest BCUT2D eigenvalue weighted by Gasteiger charge is 2.32. The fraction of sp³-hybridized carbons (Fsp3) is 0.500. The fourth-order valence-electron chi connectivity index (χ4n) is 3.96. The van der Waals surface area contributed by atoms with Gasteiger partial charge in [0.15, 0.2) is 0 Å². The average Bonchev–Trinajstić information content (AvgIpc) is 3.40. The van der Waals surface area contributed by atoms with Gasteiger partial charge in [-0.25, -0.2) is 0 Å². The number of rotatable bonds is 9. The van der Waals surface area contributed by atoms with E-state index in [1.807, 2.05) is 48.7 Å². The highest BCUT2D eigenvalue weighted by atomic mass is 32.1. The second kappa shape index (κ2) is 10.6. The molecule has 1 aromatic heterocycles. The lowest BCUT2D eigenvalue weighted by atomic mass is 10.0. The van der Waals surface area contributed by atoms with E-state index in [4.69, 9.17) is 0 Å². The van der Waals surface area contributed by atoms with E-state index < -0.39 is 6.04 Å². The van der Waals surface area contributed by atoms with Gasteiger partial charge >= 0.3 is 0 Å². The van der Waals surface area contributed by atoms with Crippen LogP contribution in [0.1, 0.15) is 67.5 Å². The van der Waals surface area contributed by atoms with Gasteiger partial charge < -0.3 is 10.2 Å². The highest BCUT2D eigenvalue weighted by Crippen LogP contribution is 2.26. The van der Waals surface area contributed by atoms with Gasteiger partial charge in [-0.1, -0.05) is 62.1 Å². The van der Waals surface area contributed by atoms with Crippen LogP contribution in [-0.4, -0.2) is 29.3 Å². The summed E-state index contributed by atoms with van der Waals surface area (Å²) in [5, 5.41) is 5.22. The van der Waals surface area contributed by atoms with Crippen molar-refractivity contribution in [1.82, 2.24) is 10.2 Å². The van der Waals surface area contributed by atoms with Gasteiger partial charge in [-0.05, 0) is 43.2 Å². The van der Waals surface area contributed by atoms with Crippen LogP contribution in [-0.2, 0) is 16.0 Å². The molecule has 2 amide bonds. The molecule has 156 valence electrons. The maximum atomic E-state index is 13.4. The van der Waals surface area contributed by atoms with Crippen LogP contribution in [0.3, 0.4) is 0 Å². The third-order valence-corrected chi connectivity index (χ3v) is 6.51. The minimum absolute atomic E-state index is 0.0213. The Kier molecular flexibility index (Phi) is 7.87. The van der Waals surface area contributed by atoms with Gasteiger partial charge in [0.25, 0.3) is 0 Å². The second-order valence-corrected chi connectivity index (χ2v) is 9.03. The summed E-state index contributed by atoms with van der Waals surface area (Å²) in [7, 11) is 0. The Morgan fingerprint density at radius 1 is 1.17 bits per heavy atom. The monoisotopic (exact) mass is 412 g/mol. The van der Waals surface area contributed by atoms with Crippen molar-refractivity contribution >= 4 is 23.2 Å². The van der Waals surface area contributed by atoms with E-state index in [0.29, 0.717) is 13.0 Å². The van der Waals surface area contributed by atoms with Crippen molar-refractivity contribution in [2.45, 2.75) is 70.9 Å². The number of amides is 2. The molecule has 1 heterocycles. The maximum Gasteiger partial charge on any atom is 0.247 e. The fourth-order valence-corrected chi connectivity index (χ4v) is 4.66. The zero-order valence-corrected chi connectivity index (χ0v) is 18.3. The van der Waals surface area contributed by atoms with Gasteiger partial charge in [0.2, 0.25) is 11.8 Å². The van der Waals surface area contributed by atoms with Crippen molar-refractivity contribution in [3.63, 3.8) is 0 Å². The molecule has 1 aliphatic carbocycles. The van der Waals surface area contributed by atoms with Crippen LogP contribution in [0.25, 0.3) is 0 Å². The largest absolute Gasteiger partial charge is 0.351 e. The molecule has 1 unspecified atom stereocenters. The summed E-state index contributed by atoms with van der Waals surface area (Å²) < 4.78 is 0. The Labute approximate surface area is 178 Å². The van der Waals surface area contributed by atoms with Gasteiger partial charge in [-0.3, -0.25) is 9.59 Å². The SMILES string of the molecule is CCCCN(C(=O)Cc1cccs1)C(C(=O)NC1CCCC1)c1ccc(C)cc1. The predicted molar refractivity (Wildman–Crippen MR) is 119 cm³/mol. The predicted octanol–water partition coefficient (Wildman–Crippen LogP) is 5.03. The molecule has 5 heteroatoms. The zero-order chi connectivity index (χ0) is 20.6.